The largest absolute Gasteiger partial charge is 0.493 e. The summed E-state index contributed by atoms with van der Waals surface area (Å²) in [5.41, 5.74) is 0.913. The molecule has 188 valence electrons. The Labute approximate surface area is 212 Å². The molecule has 0 amide bonds. The Balaban J connectivity index is 1.26. The van der Waals surface area contributed by atoms with Crippen LogP contribution in [0.4, 0.5) is 0 Å². The van der Waals surface area contributed by atoms with E-state index in [0.29, 0.717) is 18.2 Å². The van der Waals surface area contributed by atoms with Gasteiger partial charge in [-0.15, -0.1) is 0 Å². The molecule has 0 spiro atoms. The zero-order valence-electron chi connectivity index (χ0n) is 20.5. The second-order valence-corrected chi connectivity index (χ2v) is 9.30. The van der Waals surface area contributed by atoms with Crippen molar-refractivity contribution in [3.63, 3.8) is 0 Å². The summed E-state index contributed by atoms with van der Waals surface area (Å²) in [5.74, 6) is 2.30. The molecule has 2 heterocycles. The molecule has 1 aliphatic heterocycles. The average Bonchev–Trinajstić information content (AvgIpc) is 3.41. The van der Waals surface area contributed by atoms with Gasteiger partial charge in [-0.3, -0.25) is 9.58 Å². The normalized spacial score (nSPS) is 15.6. The Bertz CT molecular complexity index is 1050. The molecular weight excluding hydrogens is 466 g/mol. The number of likely N-dealkylation sites (tertiary alicyclic amines) is 1. The van der Waals surface area contributed by atoms with Crippen LogP contribution in [-0.4, -0.2) is 60.8 Å². The van der Waals surface area contributed by atoms with Crippen LogP contribution in [-0.2, 0) is 17.8 Å². The molecule has 35 heavy (non-hydrogen) atoms. The predicted octanol–water partition coefficient (Wildman–Crippen LogP) is 5.07. The summed E-state index contributed by atoms with van der Waals surface area (Å²) in [7, 11) is 3.46. The van der Waals surface area contributed by atoms with Crippen molar-refractivity contribution < 1.29 is 18.9 Å². The van der Waals surface area contributed by atoms with Crippen LogP contribution in [0.3, 0.4) is 0 Å². The fraction of sp³-hybridized carbons (Fsp3) is 0.444. The monoisotopic (exact) mass is 499 g/mol. The molecule has 1 aromatic heterocycles. The molecule has 1 aliphatic rings. The second-order valence-electron chi connectivity index (χ2n) is 8.87. The number of hydrogen-bond acceptors (Lipinski definition) is 6. The lowest BCUT2D eigenvalue weighted by Crippen LogP contribution is -2.48. The van der Waals surface area contributed by atoms with Gasteiger partial charge in [0.25, 0.3) is 0 Å². The van der Waals surface area contributed by atoms with E-state index in [1.807, 2.05) is 47.3 Å². The molecule has 1 fully saturated rings. The van der Waals surface area contributed by atoms with Gasteiger partial charge in [-0.05, 0) is 54.8 Å². The number of aryl methyl sites for hydroxylation is 1. The van der Waals surface area contributed by atoms with E-state index in [0.717, 1.165) is 62.7 Å². The summed E-state index contributed by atoms with van der Waals surface area (Å²) in [6.45, 7) is 4.66. The van der Waals surface area contributed by atoms with Crippen LogP contribution in [0.15, 0.2) is 60.9 Å². The van der Waals surface area contributed by atoms with E-state index in [2.05, 4.69) is 22.1 Å². The van der Waals surface area contributed by atoms with Gasteiger partial charge in [0.2, 0.25) is 0 Å². The van der Waals surface area contributed by atoms with Gasteiger partial charge in [0.05, 0.1) is 13.7 Å². The van der Waals surface area contributed by atoms with Gasteiger partial charge in [-0.25, -0.2) is 0 Å². The minimum Gasteiger partial charge on any atom is -0.493 e. The number of rotatable bonds is 12. The van der Waals surface area contributed by atoms with Gasteiger partial charge < -0.3 is 18.9 Å². The molecule has 1 saturated heterocycles. The predicted molar refractivity (Wildman–Crippen MR) is 137 cm³/mol. The number of hydrogen-bond donors (Lipinski definition) is 0. The van der Waals surface area contributed by atoms with Crippen molar-refractivity contribution in [3.8, 4) is 17.2 Å². The van der Waals surface area contributed by atoms with Crippen LogP contribution < -0.4 is 14.2 Å². The van der Waals surface area contributed by atoms with E-state index in [1.54, 1.807) is 20.4 Å². The van der Waals surface area contributed by atoms with Crippen molar-refractivity contribution in [2.45, 2.75) is 38.0 Å². The maximum absolute atomic E-state index is 6.08. The fourth-order valence-electron chi connectivity index (χ4n) is 4.33. The smallest absolute Gasteiger partial charge is 0.161 e. The number of benzene rings is 2. The number of ether oxygens (including phenoxy) is 4. The van der Waals surface area contributed by atoms with Gasteiger partial charge in [0, 0.05) is 57.1 Å². The molecule has 7 nitrogen and oxygen atoms in total. The first-order chi connectivity index (χ1) is 17.1. The maximum Gasteiger partial charge on any atom is 0.161 e. The number of nitrogens with zero attached hydrogens (tertiary/aromatic N) is 3. The highest BCUT2D eigenvalue weighted by atomic mass is 35.5. The summed E-state index contributed by atoms with van der Waals surface area (Å²) in [5, 5.41) is 4.89. The lowest BCUT2D eigenvalue weighted by molar-refractivity contribution is -0.0839. The topological polar surface area (TPSA) is 58.0 Å². The van der Waals surface area contributed by atoms with Crippen LogP contribution >= 0.6 is 11.6 Å². The maximum atomic E-state index is 6.08. The summed E-state index contributed by atoms with van der Waals surface area (Å²) >= 11 is 6.08. The zero-order chi connectivity index (χ0) is 24.5. The second kappa shape index (κ2) is 12.3. The average molecular weight is 500 g/mol. The van der Waals surface area contributed by atoms with Crippen molar-refractivity contribution >= 4 is 11.6 Å². The summed E-state index contributed by atoms with van der Waals surface area (Å²) < 4.78 is 25.4. The highest BCUT2D eigenvalue weighted by Gasteiger charge is 2.35. The van der Waals surface area contributed by atoms with Crippen molar-refractivity contribution in [2.24, 2.45) is 0 Å². The van der Waals surface area contributed by atoms with Crippen LogP contribution in [0.1, 0.15) is 24.8 Å². The Morgan fingerprint density at radius 3 is 2.57 bits per heavy atom. The number of piperidine rings is 1. The van der Waals surface area contributed by atoms with Crippen LogP contribution in [0.25, 0.3) is 0 Å². The molecular formula is C27H34ClN3O4. The molecule has 2 aromatic carbocycles. The van der Waals surface area contributed by atoms with Gasteiger partial charge in [-0.1, -0.05) is 23.7 Å². The Morgan fingerprint density at radius 2 is 1.86 bits per heavy atom. The van der Waals surface area contributed by atoms with Crippen LogP contribution in [0.5, 0.6) is 17.2 Å². The third-order valence-electron chi connectivity index (χ3n) is 6.48. The minimum absolute atomic E-state index is 0.287. The first-order valence-electron chi connectivity index (χ1n) is 12.0. The molecule has 4 rings (SSSR count). The Morgan fingerprint density at radius 1 is 1.00 bits per heavy atom. The molecule has 3 aromatic rings. The molecule has 0 unspecified atom stereocenters. The molecule has 0 aliphatic carbocycles. The standard InChI is InChI=1S/C27H34ClN3O4/c1-32-26-18-22(8-9-25(26)34-17-5-14-31-13-4-12-29-31)20-30-15-10-27(33-2,11-16-30)21-35-24-7-3-6-23(28)19-24/h3-4,6-9,12-13,18-19H,5,10-11,14-17,20-21H2,1-2H3. The SMILES string of the molecule is COc1cc(CN2CCC(COc3cccc(Cl)c3)(OC)CC2)ccc1OCCCn1cccn1. The summed E-state index contributed by atoms with van der Waals surface area (Å²) in [6.07, 6.45) is 6.42. The highest BCUT2D eigenvalue weighted by molar-refractivity contribution is 6.30. The summed E-state index contributed by atoms with van der Waals surface area (Å²) in [4.78, 5) is 2.44. The molecule has 0 bridgehead atoms. The highest BCUT2D eigenvalue weighted by Crippen LogP contribution is 2.31. The molecule has 8 heteroatoms. The van der Waals surface area contributed by atoms with E-state index in [1.165, 1.54) is 5.56 Å². The van der Waals surface area contributed by atoms with Crippen molar-refractivity contribution in [2.75, 3.05) is 40.5 Å². The van der Waals surface area contributed by atoms with Gasteiger partial charge >= 0.3 is 0 Å². The van der Waals surface area contributed by atoms with Crippen LogP contribution in [0, 0.1) is 0 Å². The molecule has 0 radical (unpaired) electrons. The minimum atomic E-state index is -0.287. The van der Waals surface area contributed by atoms with E-state index < -0.39 is 0 Å². The van der Waals surface area contributed by atoms with E-state index in [-0.39, 0.29) is 5.60 Å². The number of methoxy groups -OCH3 is 2. The third-order valence-corrected chi connectivity index (χ3v) is 6.72. The first kappa shape index (κ1) is 25.4. The first-order valence-corrected chi connectivity index (χ1v) is 12.4. The zero-order valence-corrected chi connectivity index (χ0v) is 21.2. The lowest BCUT2D eigenvalue weighted by Gasteiger charge is -2.40. The number of halogens is 1. The quantitative estimate of drug-likeness (QED) is 0.324. The summed E-state index contributed by atoms with van der Waals surface area (Å²) in [6, 6.07) is 15.6. The van der Waals surface area contributed by atoms with Gasteiger partial charge in [-0.2, -0.15) is 5.10 Å². The van der Waals surface area contributed by atoms with E-state index >= 15 is 0 Å². The molecule has 0 atom stereocenters. The third kappa shape index (κ3) is 7.13. The molecule has 0 saturated carbocycles. The van der Waals surface area contributed by atoms with Crippen molar-refractivity contribution in [3.05, 3.63) is 71.5 Å². The fourth-order valence-corrected chi connectivity index (χ4v) is 4.51. The van der Waals surface area contributed by atoms with Crippen molar-refractivity contribution in [1.29, 1.82) is 0 Å². The Hall–Kier alpha value is -2.74. The Kier molecular flexibility index (Phi) is 8.90. The lowest BCUT2D eigenvalue weighted by atomic mass is 9.91. The van der Waals surface area contributed by atoms with Gasteiger partial charge in [0.15, 0.2) is 11.5 Å². The van der Waals surface area contributed by atoms with E-state index in [9.17, 15) is 0 Å². The molecule has 0 N–H and O–H groups in total. The van der Waals surface area contributed by atoms with Crippen molar-refractivity contribution in [1.82, 2.24) is 14.7 Å². The van der Waals surface area contributed by atoms with Gasteiger partial charge in [0.1, 0.15) is 18.0 Å². The van der Waals surface area contributed by atoms with Crippen LogP contribution in [0.2, 0.25) is 5.02 Å². The number of aromatic nitrogens is 2. The van der Waals surface area contributed by atoms with E-state index in [4.69, 9.17) is 30.5 Å².